The summed E-state index contributed by atoms with van der Waals surface area (Å²) >= 11 is 0. The normalized spacial score (nSPS) is 11.1. The number of carbonyl (C=O) groups is 2. The summed E-state index contributed by atoms with van der Waals surface area (Å²) in [6.07, 6.45) is 0. The van der Waals surface area contributed by atoms with Gasteiger partial charge in [0.05, 0.1) is 16.0 Å². The van der Waals surface area contributed by atoms with E-state index in [1.807, 2.05) is 0 Å². The van der Waals surface area contributed by atoms with Gasteiger partial charge in [-0.2, -0.15) is 12.9 Å². The molecule has 41 heavy (non-hydrogen) atoms. The predicted octanol–water partition coefficient (Wildman–Crippen LogP) is 7.32. The highest BCUT2D eigenvalue weighted by atomic mass is 32.2. The van der Waals surface area contributed by atoms with Crippen molar-refractivity contribution in [1.82, 2.24) is 4.48 Å². The second-order valence-corrected chi connectivity index (χ2v) is 10.3. The van der Waals surface area contributed by atoms with Gasteiger partial charge in [0, 0.05) is 48.5 Å². The van der Waals surface area contributed by atoms with Gasteiger partial charge in [-0.3, -0.25) is 4.55 Å². The molecule has 0 heterocycles. The molecule has 0 bridgehead atoms. The Morgan fingerprint density at radius 2 is 0.756 bits per heavy atom. The lowest BCUT2D eigenvalue weighted by atomic mass is 10.1. The van der Waals surface area contributed by atoms with Crippen molar-refractivity contribution < 1.29 is 32.8 Å². The minimum absolute atomic E-state index is 0.535. The molecule has 0 aliphatic heterocycles. The van der Waals surface area contributed by atoms with E-state index >= 15 is 0 Å². The first kappa shape index (κ1) is 28.9. The van der Waals surface area contributed by atoms with Gasteiger partial charge in [0.25, 0.3) is 10.1 Å². The minimum atomic E-state index is -4.64. The van der Waals surface area contributed by atoms with E-state index in [1.165, 1.54) is 22.7 Å². The molecule has 0 radical (unpaired) electrons. The SMILES string of the molecule is O=C(O)c1cc(C(=O)O)cc(S(=O)(=O)O)c1.c1ccc([N+](c2ccccc2)(c2ccccc2)c2ccccc2)cc1. The van der Waals surface area contributed by atoms with Crippen LogP contribution in [0.5, 0.6) is 0 Å². The van der Waals surface area contributed by atoms with Crippen LogP contribution in [0.3, 0.4) is 0 Å². The highest BCUT2D eigenvalue weighted by Gasteiger charge is 2.38. The zero-order valence-electron chi connectivity index (χ0n) is 21.6. The molecule has 0 aliphatic carbocycles. The molecule has 0 aliphatic rings. The van der Waals surface area contributed by atoms with Crippen LogP contribution in [0, 0.1) is 0 Å². The third-order valence-corrected chi connectivity index (χ3v) is 7.10. The third kappa shape index (κ3) is 6.39. The van der Waals surface area contributed by atoms with E-state index in [-0.39, 0.29) is 0 Å². The largest absolute Gasteiger partial charge is 0.478 e. The van der Waals surface area contributed by atoms with Crippen LogP contribution in [-0.4, -0.2) is 35.1 Å². The fourth-order valence-electron chi connectivity index (χ4n) is 4.50. The lowest BCUT2D eigenvalue weighted by Crippen LogP contribution is -2.33. The van der Waals surface area contributed by atoms with Crippen molar-refractivity contribution in [3.05, 3.63) is 151 Å². The monoisotopic (exact) mass is 568 g/mol. The van der Waals surface area contributed by atoms with Crippen LogP contribution in [0.2, 0.25) is 0 Å². The van der Waals surface area contributed by atoms with E-state index in [2.05, 4.69) is 121 Å². The van der Waals surface area contributed by atoms with Crippen LogP contribution >= 0.6 is 0 Å². The molecular formula is C32H26NO7S+. The second kappa shape index (κ2) is 12.4. The zero-order chi connectivity index (χ0) is 29.5. The van der Waals surface area contributed by atoms with Crippen molar-refractivity contribution in [1.29, 1.82) is 0 Å². The van der Waals surface area contributed by atoms with E-state index in [4.69, 9.17) is 14.8 Å². The lowest BCUT2D eigenvalue weighted by Gasteiger charge is -2.37. The Bertz CT molecular complexity index is 1550. The molecular weight excluding hydrogens is 542 g/mol. The van der Waals surface area contributed by atoms with Gasteiger partial charge in [0.1, 0.15) is 22.7 Å². The summed E-state index contributed by atoms with van der Waals surface area (Å²) in [7, 11) is -4.64. The standard InChI is InChI=1S/C24H20N.C8H6O7S/c1-5-13-21(14-6-1)25(22-15-7-2-8-16-22,23-17-9-3-10-18-23)24-19-11-4-12-20-24;9-7(10)4-1-5(8(11)12)3-6(2-4)16(13,14)15/h1-20H;1-3H,(H,9,10)(H,11,12)(H,13,14,15)/q+1;. The maximum absolute atomic E-state index is 10.8. The molecule has 0 fully saturated rings. The van der Waals surface area contributed by atoms with Crippen LogP contribution < -0.4 is 4.48 Å². The summed E-state index contributed by atoms with van der Waals surface area (Å²) in [5.74, 6) is -2.99. The first-order valence-corrected chi connectivity index (χ1v) is 13.8. The molecule has 0 aromatic heterocycles. The van der Waals surface area contributed by atoms with Gasteiger partial charge in [-0.1, -0.05) is 72.8 Å². The topological polar surface area (TPSA) is 129 Å². The lowest BCUT2D eigenvalue weighted by molar-refractivity contribution is 0.0696. The number of hydrogen-bond acceptors (Lipinski definition) is 4. The fourth-order valence-corrected chi connectivity index (χ4v) is 5.05. The summed E-state index contributed by atoms with van der Waals surface area (Å²) in [6.45, 7) is 0. The smallest absolute Gasteiger partial charge is 0.335 e. The van der Waals surface area contributed by atoms with Gasteiger partial charge >= 0.3 is 11.9 Å². The van der Waals surface area contributed by atoms with Crippen LogP contribution in [0.15, 0.2) is 144 Å². The van der Waals surface area contributed by atoms with Crippen LogP contribution in [-0.2, 0) is 10.1 Å². The van der Waals surface area contributed by atoms with Crippen molar-refractivity contribution in [2.24, 2.45) is 0 Å². The first-order valence-electron chi connectivity index (χ1n) is 12.3. The third-order valence-electron chi connectivity index (χ3n) is 6.27. The van der Waals surface area contributed by atoms with Crippen LogP contribution in [0.1, 0.15) is 20.7 Å². The van der Waals surface area contributed by atoms with E-state index in [9.17, 15) is 18.0 Å². The Balaban J connectivity index is 0.000000210. The number of aromatic carboxylic acids is 2. The van der Waals surface area contributed by atoms with Crippen LogP contribution in [0.25, 0.3) is 0 Å². The molecule has 5 aromatic rings. The van der Waals surface area contributed by atoms with E-state index in [0.29, 0.717) is 16.6 Å². The zero-order valence-corrected chi connectivity index (χ0v) is 22.4. The average molecular weight is 569 g/mol. The number of carboxylic acid groups (broad SMARTS) is 2. The van der Waals surface area contributed by atoms with Crippen molar-refractivity contribution in [2.45, 2.75) is 4.90 Å². The minimum Gasteiger partial charge on any atom is -0.478 e. The van der Waals surface area contributed by atoms with Crippen LogP contribution in [0.4, 0.5) is 22.7 Å². The predicted molar refractivity (Wildman–Crippen MR) is 157 cm³/mol. The maximum Gasteiger partial charge on any atom is 0.335 e. The summed E-state index contributed by atoms with van der Waals surface area (Å²) in [6, 6.07) is 44.9. The number of quaternary nitrogens is 1. The molecule has 0 atom stereocenters. The summed E-state index contributed by atoms with van der Waals surface area (Å²) in [5, 5.41) is 17.2. The van der Waals surface area contributed by atoms with Crippen molar-refractivity contribution in [3.63, 3.8) is 0 Å². The summed E-state index contributed by atoms with van der Waals surface area (Å²) < 4.78 is 30.8. The summed E-state index contributed by atoms with van der Waals surface area (Å²) in [5.41, 5.74) is 3.79. The number of benzene rings is 5. The van der Waals surface area contributed by atoms with Gasteiger partial charge < -0.3 is 10.2 Å². The molecule has 0 saturated heterocycles. The molecule has 0 amide bonds. The Hall–Kier alpha value is -5.09. The molecule has 206 valence electrons. The molecule has 0 unspecified atom stereocenters. The highest BCUT2D eigenvalue weighted by molar-refractivity contribution is 7.85. The van der Waals surface area contributed by atoms with Crippen molar-refractivity contribution in [3.8, 4) is 0 Å². The van der Waals surface area contributed by atoms with Gasteiger partial charge in [0.15, 0.2) is 0 Å². The van der Waals surface area contributed by atoms with Gasteiger partial charge in [0.2, 0.25) is 0 Å². The average Bonchev–Trinajstić information content (AvgIpc) is 2.99. The Kier molecular flexibility index (Phi) is 8.74. The van der Waals surface area contributed by atoms with Crippen molar-refractivity contribution in [2.75, 3.05) is 0 Å². The van der Waals surface area contributed by atoms with Gasteiger partial charge in [-0.05, 0) is 18.2 Å². The quantitative estimate of drug-likeness (QED) is 0.139. The Labute approximate surface area is 237 Å². The second-order valence-electron chi connectivity index (χ2n) is 8.84. The first-order chi connectivity index (χ1) is 19.6. The molecule has 5 aromatic carbocycles. The summed E-state index contributed by atoms with van der Waals surface area (Å²) in [4.78, 5) is 20.4. The number of nitrogens with zero attached hydrogens (tertiary/aromatic N) is 1. The Morgan fingerprint density at radius 3 is 0.976 bits per heavy atom. The number of para-hydroxylation sites is 4. The Morgan fingerprint density at radius 1 is 0.488 bits per heavy atom. The molecule has 5 rings (SSSR count). The van der Waals surface area contributed by atoms with Gasteiger partial charge in [-0.25, -0.2) is 9.59 Å². The molecule has 8 nitrogen and oxygen atoms in total. The van der Waals surface area contributed by atoms with Gasteiger partial charge in [-0.15, -0.1) is 0 Å². The fraction of sp³-hybridized carbons (Fsp3) is 0. The molecule has 0 spiro atoms. The number of hydrogen-bond donors (Lipinski definition) is 3. The molecule has 0 saturated carbocycles. The van der Waals surface area contributed by atoms with E-state index in [1.54, 1.807) is 0 Å². The highest BCUT2D eigenvalue weighted by Crippen LogP contribution is 2.50. The molecule has 9 heteroatoms. The number of rotatable bonds is 7. The molecule has 3 N–H and O–H groups in total. The number of carboxylic acids is 2. The van der Waals surface area contributed by atoms with Crippen molar-refractivity contribution >= 4 is 44.8 Å². The van der Waals surface area contributed by atoms with E-state index < -0.39 is 38.1 Å². The van der Waals surface area contributed by atoms with E-state index in [0.717, 1.165) is 6.07 Å². The maximum atomic E-state index is 10.8.